The van der Waals surface area contributed by atoms with Crippen LogP contribution in [0.1, 0.15) is 33.6 Å². The van der Waals surface area contributed by atoms with Crippen LogP contribution >= 0.6 is 0 Å². The summed E-state index contributed by atoms with van der Waals surface area (Å²) in [6, 6.07) is 0. The second-order valence-electron chi connectivity index (χ2n) is 3.80. The SMILES string of the molecule is CCOC(=O)C(CC/C=C/[C@H](C)O)C(=O)OCC. The lowest BCUT2D eigenvalue weighted by Gasteiger charge is -2.13. The van der Waals surface area contributed by atoms with Gasteiger partial charge in [0.2, 0.25) is 0 Å². The summed E-state index contributed by atoms with van der Waals surface area (Å²) >= 11 is 0. The normalized spacial score (nSPS) is 12.7. The van der Waals surface area contributed by atoms with Crippen molar-refractivity contribution >= 4 is 11.9 Å². The maximum atomic E-state index is 11.6. The Labute approximate surface area is 108 Å². The van der Waals surface area contributed by atoms with E-state index < -0.39 is 24.0 Å². The third-order valence-electron chi connectivity index (χ3n) is 2.18. The number of hydrogen-bond acceptors (Lipinski definition) is 5. The molecule has 0 spiro atoms. The van der Waals surface area contributed by atoms with Crippen LogP contribution in [0.25, 0.3) is 0 Å². The highest BCUT2D eigenvalue weighted by molar-refractivity contribution is 5.94. The minimum absolute atomic E-state index is 0.234. The number of ether oxygens (including phenoxy) is 2. The van der Waals surface area contributed by atoms with Gasteiger partial charge >= 0.3 is 11.9 Å². The minimum Gasteiger partial charge on any atom is -0.465 e. The van der Waals surface area contributed by atoms with Crippen molar-refractivity contribution in [3.63, 3.8) is 0 Å². The van der Waals surface area contributed by atoms with Gasteiger partial charge in [-0.25, -0.2) is 0 Å². The fraction of sp³-hybridized carbons (Fsp3) is 0.692. The van der Waals surface area contributed by atoms with Crippen LogP contribution in [-0.4, -0.2) is 36.4 Å². The summed E-state index contributed by atoms with van der Waals surface area (Å²) in [5.74, 6) is -1.99. The van der Waals surface area contributed by atoms with Gasteiger partial charge in [0.1, 0.15) is 0 Å². The molecule has 5 nitrogen and oxygen atoms in total. The second kappa shape index (κ2) is 9.65. The van der Waals surface area contributed by atoms with E-state index in [9.17, 15) is 9.59 Å². The lowest BCUT2D eigenvalue weighted by atomic mass is 10.0. The van der Waals surface area contributed by atoms with E-state index in [1.165, 1.54) is 0 Å². The summed E-state index contributed by atoms with van der Waals surface area (Å²) in [5, 5.41) is 9.03. The van der Waals surface area contributed by atoms with E-state index >= 15 is 0 Å². The van der Waals surface area contributed by atoms with Crippen LogP contribution in [0.2, 0.25) is 0 Å². The highest BCUT2D eigenvalue weighted by Gasteiger charge is 2.28. The largest absolute Gasteiger partial charge is 0.465 e. The van der Waals surface area contributed by atoms with E-state index in [0.717, 1.165) is 0 Å². The van der Waals surface area contributed by atoms with Crippen LogP contribution in [0, 0.1) is 5.92 Å². The summed E-state index contributed by atoms with van der Waals surface area (Å²) in [7, 11) is 0. The van der Waals surface area contributed by atoms with Crippen LogP contribution in [-0.2, 0) is 19.1 Å². The van der Waals surface area contributed by atoms with Crippen molar-refractivity contribution in [1.82, 2.24) is 0 Å². The van der Waals surface area contributed by atoms with E-state index in [1.54, 1.807) is 32.9 Å². The molecule has 0 aromatic carbocycles. The first kappa shape index (κ1) is 16.6. The zero-order valence-electron chi connectivity index (χ0n) is 11.2. The molecule has 0 unspecified atom stereocenters. The first-order valence-electron chi connectivity index (χ1n) is 6.20. The maximum absolute atomic E-state index is 11.6. The molecule has 104 valence electrons. The Morgan fingerprint density at radius 3 is 2.06 bits per heavy atom. The third kappa shape index (κ3) is 7.06. The van der Waals surface area contributed by atoms with Crippen molar-refractivity contribution in [3.05, 3.63) is 12.2 Å². The molecule has 0 heterocycles. The molecule has 0 rings (SSSR count). The summed E-state index contributed by atoms with van der Waals surface area (Å²) in [6.45, 7) is 5.47. The molecule has 1 N–H and O–H groups in total. The van der Waals surface area contributed by atoms with Crippen molar-refractivity contribution in [3.8, 4) is 0 Å². The van der Waals surface area contributed by atoms with E-state index in [4.69, 9.17) is 14.6 Å². The number of carbonyl (C=O) groups excluding carboxylic acids is 2. The van der Waals surface area contributed by atoms with Crippen molar-refractivity contribution in [2.45, 2.75) is 39.7 Å². The number of carbonyl (C=O) groups is 2. The smallest absolute Gasteiger partial charge is 0.320 e. The van der Waals surface area contributed by atoms with Gasteiger partial charge in [0.25, 0.3) is 0 Å². The fourth-order valence-electron chi connectivity index (χ4n) is 1.37. The number of rotatable bonds is 8. The van der Waals surface area contributed by atoms with Gasteiger partial charge in [0, 0.05) is 0 Å². The van der Waals surface area contributed by atoms with Crippen LogP contribution < -0.4 is 0 Å². The molecule has 1 atom stereocenters. The van der Waals surface area contributed by atoms with Gasteiger partial charge in [-0.05, 0) is 33.6 Å². The first-order valence-corrected chi connectivity index (χ1v) is 6.20. The minimum atomic E-state index is -0.886. The Morgan fingerprint density at radius 2 is 1.67 bits per heavy atom. The fourth-order valence-corrected chi connectivity index (χ4v) is 1.37. The average molecular weight is 258 g/mol. The molecule has 0 aliphatic carbocycles. The molecule has 0 aromatic rings. The van der Waals surface area contributed by atoms with Crippen molar-refractivity contribution in [2.75, 3.05) is 13.2 Å². The molecule has 0 fully saturated rings. The number of aliphatic hydroxyl groups excluding tert-OH is 1. The lowest BCUT2D eigenvalue weighted by molar-refractivity contribution is -0.161. The van der Waals surface area contributed by atoms with E-state index in [-0.39, 0.29) is 13.2 Å². The number of aliphatic hydroxyl groups is 1. The van der Waals surface area contributed by atoms with Gasteiger partial charge in [-0.1, -0.05) is 12.2 Å². The zero-order chi connectivity index (χ0) is 14.0. The standard InChI is InChI=1S/C13H22O5/c1-4-17-12(15)11(13(16)18-5-2)9-7-6-8-10(3)14/h6,8,10-11,14H,4-5,7,9H2,1-3H3/b8-6+/t10-/m0/s1. The van der Waals surface area contributed by atoms with Crippen LogP contribution in [0.15, 0.2) is 12.2 Å². The first-order chi connectivity index (χ1) is 8.52. The molecule has 5 heteroatoms. The van der Waals surface area contributed by atoms with Crippen LogP contribution in [0.4, 0.5) is 0 Å². The van der Waals surface area contributed by atoms with Crippen LogP contribution in [0.3, 0.4) is 0 Å². The van der Waals surface area contributed by atoms with Crippen molar-refractivity contribution in [1.29, 1.82) is 0 Å². The quantitative estimate of drug-likeness (QED) is 0.405. The Hall–Kier alpha value is -1.36. The molecule has 0 aliphatic heterocycles. The molecule has 18 heavy (non-hydrogen) atoms. The zero-order valence-corrected chi connectivity index (χ0v) is 11.2. The number of esters is 2. The molecular weight excluding hydrogens is 236 g/mol. The summed E-state index contributed by atoms with van der Waals surface area (Å²) in [4.78, 5) is 23.2. The van der Waals surface area contributed by atoms with Crippen molar-refractivity contribution in [2.24, 2.45) is 5.92 Å². The molecule has 0 aromatic heterocycles. The second-order valence-corrected chi connectivity index (χ2v) is 3.80. The van der Waals surface area contributed by atoms with E-state index in [0.29, 0.717) is 12.8 Å². The molecule has 0 saturated carbocycles. The van der Waals surface area contributed by atoms with Gasteiger partial charge < -0.3 is 14.6 Å². The van der Waals surface area contributed by atoms with Gasteiger partial charge in [0.15, 0.2) is 5.92 Å². The average Bonchev–Trinajstić information content (AvgIpc) is 2.28. The maximum Gasteiger partial charge on any atom is 0.320 e. The van der Waals surface area contributed by atoms with Gasteiger partial charge in [-0.15, -0.1) is 0 Å². The third-order valence-corrected chi connectivity index (χ3v) is 2.18. The van der Waals surface area contributed by atoms with Gasteiger partial charge in [-0.3, -0.25) is 9.59 Å². The summed E-state index contributed by atoms with van der Waals surface area (Å²) in [6.07, 6.45) is 3.63. The molecule has 0 aliphatic rings. The van der Waals surface area contributed by atoms with Crippen molar-refractivity contribution < 1.29 is 24.2 Å². The number of allylic oxidation sites excluding steroid dienone is 1. The Bertz CT molecular complexity index is 265. The summed E-state index contributed by atoms with van der Waals surface area (Å²) in [5.41, 5.74) is 0. The summed E-state index contributed by atoms with van der Waals surface area (Å²) < 4.78 is 9.67. The predicted octanol–water partition coefficient (Wildman–Crippen LogP) is 1.45. The topological polar surface area (TPSA) is 72.8 Å². The Morgan fingerprint density at radius 1 is 1.17 bits per heavy atom. The Balaban J connectivity index is 4.38. The molecular formula is C13H22O5. The predicted molar refractivity (Wildman–Crippen MR) is 66.8 cm³/mol. The monoisotopic (exact) mass is 258 g/mol. The molecule has 0 amide bonds. The highest BCUT2D eigenvalue weighted by Crippen LogP contribution is 2.12. The lowest BCUT2D eigenvalue weighted by Crippen LogP contribution is -2.28. The number of hydrogen-bond donors (Lipinski definition) is 1. The molecule has 0 radical (unpaired) electrons. The molecule has 0 bridgehead atoms. The van der Waals surface area contributed by atoms with E-state index in [1.807, 2.05) is 0 Å². The highest BCUT2D eigenvalue weighted by atomic mass is 16.6. The van der Waals surface area contributed by atoms with E-state index in [2.05, 4.69) is 0 Å². The van der Waals surface area contributed by atoms with Gasteiger partial charge in [0.05, 0.1) is 19.3 Å². The van der Waals surface area contributed by atoms with Gasteiger partial charge in [-0.2, -0.15) is 0 Å². The Kier molecular flexibility index (Phi) is 8.92. The van der Waals surface area contributed by atoms with Crippen LogP contribution in [0.5, 0.6) is 0 Å². The molecule has 0 saturated heterocycles.